The third-order valence-electron chi connectivity index (χ3n) is 3.86. The van der Waals surface area contributed by atoms with Crippen molar-refractivity contribution in [3.63, 3.8) is 0 Å². The summed E-state index contributed by atoms with van der Waals surface area (Å²) in [5.41, 5.74) is 3.92. The zero-order valence-corrected chi connectivity index (χ0v) is 12.6. The van der Waals surface area contributed by atoms with E-state index in [1.807, 2.05) is 24.3 Å². The minimum absolute atomic E-state index is 0.0455. The van der Waals surface area contributed by atoms with E-state index in [0.29, 0.717) is 12.6 Å². The molecule has 0 radical (unpaired) electrons. The molecule has 0 aliphatic heterocycles. The highest BCUT2D eigenvalue weighted by Crippen LogP contribution is 2.29. The van der Waals surface area contributed by atoms with Gasteiger partial charge in [-0.1, -0.05) is 36.4 Å². The molecule has 0 fully saturated rings. The Morgan fingerprint density at radius 2 is 0.875 bits per heavy atom. The molecule has 0 spiro atoms. The number of carbonyl (C=O) groups is 2. The molecule has 0 aromatic heterocycles. The highest BCUT2D eigenvalue weighted by molar-refractivity contribution is 5.84. The third-order valence-corrected chi connectivity index (χ3v) is 3.86. The van der Waals surface area contributed by atoms with Gasteiger partial charge in [0.15, 0.2) is 12.6 Å². The van der Waals surface area contributed by atoms with Crippen molar-refractivity contribution >= 4 is 12.6 Å². The molecule has 4 nitrogen and oxygen atoms in total. The van der Waals surface area contributed by atoms with Crippen LogP contribution in [0.3, 0.4) is 0 Å². The second-order valence-corrected chi connectivity index (χ2v) is 5.36. The summed E-state index contributed by atoms with van der Waals surface area (Å²) in [6, 6.07) is 17.3. The van der Waals surface area contributed by atoms with E-state index in [1.165, 1.54) is 12.1 Å². The van der Waals surface area contributed by atoms with Gasteiger partial charge in [0.05, 0.1) is 11.1 Å². The summed E-state index contributed by atoms with van der Waals surface area (Å²) in [6.07, 6.45) is 1.23. The lowest BCUT2D eigenvalue weighted by Crippen LogP contribution is -1.86. The molecule has 3 aromatic rings. The first kappa shape index (κ1) is 15.5. The second kappa shape index (κ2) is 6.38. The Morgan fingerprint density at radius 3 is 1.21 bits per heavy atom. The number of carbonyl (C=O) groups excluding carboxylic acids is 2. The van der Waals surface area contributed by atoms with Crippen molar-refractivity contribution in [1.82, 2.24) is 0 Å². The average Bonchev–Trinajstić information content (AvgIpc) is 2.63. The molecule has 118 valence electrons. The van der Waals surface area contributed by atoms with E-state index in [1.54, 1.807) is 24.3 Å². The first-order valence-electron chi connectivity index (χ1n) is 7.29. The van der Waals surface area contributed by atoms with Gasteiger partial charge >= 0.3 is 0 Å². The van der Waals surface area contributed by atoms with Gasteiger partial charge in [0.25, 0.3) is 0 Å². The molecule has 0 atom stereocenters. The number of benzene rings is 3. The van der Waals surface area contributed by atoms with Crippen LogP contribution in [0.25, 0.3) is 22.3 Å². The van der Waals surface area contributed by atoms with E-state index in [2.05, 4.69) is 0 Å². The maximum absolute atomic E-state index is 10.9. The van der Waals surface area contributed by atoms with Crippen LogP contribution in [0.4, 0.5) is 0 Å². The molecule has 24 heavy (non-hydrogen) atoms. The molecular formula is C20H14O4. The van der Waals surface area contributed by atoms with Crippen LogP contribution in [-0.4, -0.2) is 22.8 Å². The molecular weight excluding hydrogens is 304 g/mol. The number of aromatic hydroxyl groups is 2. The fourth-order valence-electron chi connectivity index (χ4n) is 2.51. The van der Waals surface area contributed by atoms with Crippen LogP contribution in [0.2, 0.25) is 0 Å². The quantitative estimate of drug-likeness (QED) is 0.711. The van der Waals surface area contributed by atoms with Crippen LogP contribution in [-0.2, 0) is 0 Å². The Kier molecular flexibility index (Phi) is 4.12. The van der Waals surface area contributed by atoms with Gasteiger partial charge in [-0.25, -0.2) is 0 Å². The number of hydrogen-bond donors (Lipinski definition) is 2. The largest absolute Gasteiger partial charge is 0.507 e. The van der Waals surface area contributed by atoms with Crippen molar-refractivity contribution in [1.29, 1.82) is 0 Å². The molecule has 0 saturated carbocycles. The first-order chi connectivity index (χ1) is 11.6. The summed E-state index contributed by atoms with van der Waals surface area (Å²) >= 11 is 0. The predicted octanol–water partition coefficient (Wildman–Crippen LogP) is 4.06. The second-order valence-electron chi connectivity index (χ2n) is 5.36. The maximum Gasteiger partial charge on any atom is 0.153 e. The number of rotatable bonds is 4. The summed E-state index contributed by atoms with van der Waals surface area (Å²) < 4.78 is 0. The standard InChI is InChI=1S/C20H14O4/c21-11-17-9-15(5-7-19(17)23)13-1-2-14(4-3-13)16-6-8-20(24)18(10-16)12-22/h1-12,23-24H. The lowest BCUT2D eigenvalue weighted by molar-refractivity contribution is 0.111. The van der Waals surface area contributed by atoms with Gasteiger partial charge in [-0.2, -0.15) is 0 Å². The molecule has 2 N–H and O–H groups in total. The normalized spacial score (nSPS) is 10.3. The number of hydrogen-bond acceptors (Lipinski definition) is 4. The average molecular weight is 318 g/mol. The van der Waals surface area contributed by atoms with Crippen molar-refractivity contribution < 1.29 is 19.8 Å². The Morgan fingerprint density at radius 1 is 0.542 bits per heavy atom. The fraction of sp³-hybridized carbons (Fsp3) is 0. The zero-order chi connectivity index (χ0) is 17.1. The molecule has 3 rings (SSSR count). The van der Waals surface area contributed by atoms with E-state index in [0.717, 1.165) is 22.3 Å². The Hall–Kier alpha value is -3.40. The molecule has 0 aliphatic carbocycles. The monoisotopic (exact) mass is 318 g/mol. The van der Waals surface area contributed by atoms with Gasteiger partial charge < -0.3 is 10.2 Å². The lowest BCUT2D eigenvalue weighted by atomic mass is 9.98. The number of phenols is 2. The Labute approximate surface area is 138 Å². The maximum atomic E-state index is 10.9. The van der Waals surface area contributed by atoms with Gasteiger partial charge in [0.2, 0.25) is 0 Å². The van der Waals surface area contributed by atoms with Crippen LogP contribution in [0.15, 0.2) is 60.7 Å². The Balaban J connectivity index is 1.96. The van der Waals surface area contributed by atoms with E-state index < -0.39 is 0 Å². The molecule has 4 heteroatoms. The molecule has 0 aliphatic rings. The van der Waals surface area contributed by atoms with E-state index in [9.17, 15) is 19.8 Å². The van der Waals surface area contributed by atoms with Gasteiger partial charge in [0.1, 0.15) is 11.5 Å². The van der Waals surface area contributed by atoms with Gasteiger partial charge in [-0.05, 0) is 46.5 Å². The number of aldehydes is 2. The van der Waals surface area contributed by atoms with Crippen molar-refractivity contribution in [2.75, 3.05) is 0 Å². The molecule has 3 aromatic carbocycles. The minimum atomic E-state index is -0.0455. The van der Waals surface area contributed by atoms with Crippen LogP contribution < -0.4 is 0 Å². The molecule has 0 heterocycles. The summed E-state index contributed by atoms with van der Waals surface area (Å²) in [4.78, 5) is 21.9. The summed E-state index contributed by atoms with van der Waals surface area (Å²) in [5, 5.41) is 19.1. The lowest BCUT2D eigenvalue weighted by Gasteiger charge is -2.07. The fourth-order valence-corrected chi connectivity index (χ4v) is 2.51. The molecule has 0 saturated heterocycles. The van der Waals surface area contributed by atoms with Crippen LogP contribution in [0.1, 0.15) is 20.7 Å². The molecule has 0 unspecified atom stereocenters. The van der Waals surface area contributed by atoms with E-state index in [-0.39, 0.29) is 22.6 Å². The van der Waals surface area contributed by atoms with Crippen molar-refractivity contribution in [3.05, 3.63) is 71.8 Å². The minimum Gasteiger partial charge on any atom is -0.507 e. The van der Waals surface area contributed by atoms with Gasteiger partial charge in [-0.15, -0.1) is 0 Å². The molecule has 0 amide bonds. The van der Waals surface area contributed by atoms with Crippen molar-refractivity contribution in [2.45, 2.75) is 0 Å². The van der Waals surface area contributed by atoms with Gasteiger partial charge in [-0.3, -0.25) is 9.59 Å². The van der Waals surface area contributed by atoms with Crippen LogP contribution in [0, 0.1) is 0 Å². The van der Waals surface area contributed by atoms with Gasteiger partial charge in [0, 0.05) is 0 Å². The summed E-state index contributed by atoms with van der Waals surface area (Å²) in [6.45, 7) is 0. The molecule has 0 bridgehead atoms. The van der Waals surface area contributed by atoms with Crippen LogP contribution >= 0.6 is 0 Å². The number of phenolic OH excluding ortho intramolecular Hbond substituents is 2. The zero-order valence-electron chi connectivity index (χ0n) is 12.6. The van der Waals surface area contributed by atoms with Crippen LogP contribution in [0.5, 0.6) is 11.5 Å². The Bertz CT molecular complexity index is 835. The smallest absolute Gasteiger partial charge is 0.153 e. The van der Waals surface area contributed by atoms with Crippen molar-refractivity contribution in [3.8, 4) is 33.8 Å². The summed E-state index contributed by atoms with van der Waals surface area (Å²) in [5.74, 6) is -0.0910. The third kappa shape index (κ3) is 2.90. The highest BCUT2D eigenvalue weighted by Gasteiger charge is 2.06. The first-order valence-corrected chi connectivity index (χ1v) is 7.29. The van der Waals surface area contributed by atoms with Crippen molar-refractivity contribution in [2.24, 2.45) is 0 Å². The summed E-state index contributed by atoms with van der Waals surface area (Å²) in [7, 11) is 0. The topological polar surface area (TPSA) is 74.6 Å². The van der Waals surface area contributed by atoms with E-state index >= 15 is 0 Å². The van der Waals surface area contributed by atoms with E-state index in [4.69, 9.17) is 0 Å². The SMILES string of the molecule is O=Cc1cc(-c2ccc(-c3ccc(O)c(C=O)c3)cc2)ccc1O. The highest BCUT2D eigenvalue weighted by atomic mass is 16.3. The predicted molar refractivity (Wildman–Crippen MR) is 91.4 cm³/mol.